The van der Waals surface area contributed by atoms with Gasteiger partial charge in [0, 0.05) is 31.5 Å². The van der Waals surface area contributed by atoms with Crippen molar-refractivity contribution in [2.75, 3.05) is 13.2 Å². The molecule has 0 aromatic carbocycles. The topological polar surface area (TPSA) is 64.3 Å². The average molecular weight is 268 g/mol. The maximum absolute atomic E-state index is 12.0. The van der Waals surface area contributed by atoms with Crippen LogP contribution in [0.25, 0.3) is 0 Å². The lowest BCUT2D eigenvalue weighted by atomic mass is 9.84. The summed E-state index contributed by atoms with van der Waals surface area (Å²) in [5.74, 6) is 1.26. The lowest BCUT2D eigenvalue weighted by Crippen LogP contribution is -2.35. The van der Waals surface area contributed by atoms with Gasteiger partial charge in [0.05, 0.1) is 6.10 Å². The molecule has 1 amide bonds. The van der Waals surface area contributed by atoms with Crippen molar-refractivity contribution in [1.29, 1.82) is 0 Å². The van der Waals surface area contributed by atoms with E-state index in [0.717, 1.165) is 51.7 Å². The van der Waals surface area contributed by atoms with Crippen LogP contribution in [0.2, 0.25) is 0 Å². The van der Waals surface area contributed by atoms with E-state index in [9.17, 15) is 4.79 Å². The van der Waals surface area contributed by atoms with Crippen LogP contribution < -0.4 is 11.1 Å². The number of nitrogens with one attached hydrogen (secondary N) is 1. The molecule has 1 aliphatic heterocycles. The number of ether oxygens (including phenoxy) is 1. The lowest BCUT2D eigenvalue weighted by molar-refractivity contribution is -0.122. The number of hydrogen-bond donors (Lipinski definition) is 2. The standard InChI is InChI=1S/C15H28N2O2/c1-2-14-12(7-8-19-14)10-17-15(18)9-11-3-5-13(16)6-4-11/h11-14H,2-10,16H2,1H3,(H,17,18). The van der Waals surface area contributed by atoms with Gasteiger partial charge in [-0.2, -0.15) is 0 Å². The molecule has 3 N–H and O–H groups in total. The molecule has 2 rings (SSSR count). The van der Waals surface area contributed by atoms with Gasteiger partial charge in [-0.25, -0.2) is 0 Å². The van der Waals surface area contributed by atoms with Crippen molar-refractivity contribution in [3.05, 3.63) is 0 Å². The first-order chi connectivity index (χ1) is 9.19. The summed E-state index contributed by atoms with van der Waals surface area (Å²) in [5.41, 5.74) is 5.89. The van der Waals surface area contributed by atoms with E-state index < -0.39 is 0 Å². The van der Waals surface area contributed by atoms with Gasteiger partial charge in [-0.05, 0) is 44.4 Å². The van der Waals surface area contributed by atoms with Crippen LogP contribution in [0.4, 0.5) is 0 Å². The molecule has 2 aliphatic rings. The molecule has 0 aromatic rings. The summed E-state index contributed by atoms with van der Waals surface area (Å²) in [6, 6.07) is 0.361. The zero-order chi connectivity index (χ0) is 13.7. The molecule has 1 heterocycles. The molecule has 0 spiro atoms. The smallest absolute Gasteiger partial charge is 0.220 e. The Morgan fingerprint density at radius 2 is 2.00 bits per heavy atom. The predicted molar refractivity (Wildman–Crippen MR) is 75.7 cm³/mol. The Labute approximate surface area is 116 Å². The number of amides is 1. The van der Waals surface area contributed by atoms with Gasteiger partial charge in [0.25, 0.3) is 0 Å². The predicted octanol–water partition coefficient (Wildman–Crippen LogP) is 1.83. The number of carbonyl (C=O) groups excluding carboxylic acids is 1. The van der Waals surface area contributed by atoms with Crippen LogP contribution in [0.3, 0.4) is 0 Å². The minimum absolute atomic E-state index is 0.210. The molecule has 2 fully saturated rings. The highest BCUT2D eigenvalue weighted by Gasteiger charge is 2.27. The lowest BCUT2D eigenvalue weighted by Gasteiger charge is -2.25. The van der Waals surface area contributed by atoms with E-state index in [2.05, 4.69) is 12.2 Å². The summed E-state index contributed by atoms with van der Waals surface area (Å²) in [5, 5.41) is 3.10. The monoisotopic (exact) mass is 268 g/mol. The van der Waals surface area contributed by atoms with E-state index >= 15 is 0 Å². The minimum Gasteiger partial charge on any atom is -0.378 e. The van der Waals surface area contributed by atoms with Crippen molar-refractivity contribution >= 4 is 5.91 Å². The molecule has 2 unspecified atom stereocenters. The highest BCUT2D eigenvalue weighted by Crippen LogP contribution is 2.26. The van der Waals surface area contributed by atoms with E-state index in [0.29, 0.717) is 30.4 Å². The molecule has 19 heavy (non-hydrogen) atoms. The van der Waals surface area contributed by atoms with Crippen LogP contribution in [-0.4, -0.2) is 31.2 Å². The van der Waals surface area contributed by atoms with Crippen molar-refractivity contribution in [2.24, 2.45) is 17.6 Å². The first-order valence-electron chi connectivity index (χ1n) is 7.83. The van der Waals surface area contributed by atoms with Crippen LogP contribution >= 0.6 is 0 Å². The van der Waals surface area contributed by atoms with Gasteiger partial charge in [-0.1, -0.05) is 6.92 Å². The Hall–Kier alpha value is -0.610. The fourth-order valence-corrected chi connectivity index (χ4v) is 3.35. The third-order valence-electron chi connectivity index (χ3n) is 4.68. The van der Waals surface area contributed by atoms with Crippen LogP contribution in [0.5, 0.6) is 0 Å². The maximum Gasteiger partial charge on any atom is 0.220 e. The maximum atomic E-state index is 12.0. The SMILES string of the molecule is CCC1OCCC1CNC(=O)CC1CCC(N)CC1. The van der Waals surface area contributed by atoms with Gasteiger partial charge in [0.1, 0.15) is 0 Å². The Morgan fingerprint density at radius 3 is 2.68 bits per heavy atom. The minimum atomic E-state index is 0.210. The summed E-state index contributed by atoms with van der Waals surface area (Å²) in [6.45, 7) is 3.78. The highest BCUT2D eigenvalue weighted by molar-refractivity contribution is 5.76. The van der Waals surface area contributed by atoms with E-state index in [4.69, 9.17) is 10.5 Å². The second-order valence-corrected chi connectivity index (χ2v) is 6.16. The summed E-state index contributed by atoms with van der Waals surface area (Å²) >= 11 is 0. The molecule has 2 atom stereocenters. The highest BCUT2D eigenvalue weighted by atomic mass is 16.5. The molecule has 1 saturated carbocycles. The molecule has 4 nitrogen and oxygen atoms in total. The van der Waals surface area contributed by atoms with Crippen molar-refractivity contribution in [3.63, 3.8) is 0 Å². The molecule has 0 bridgehead atoms. The van der Waals surface area contributed by atoms with Gasteiger partial charge in [0.15, 0.2) is 0 Å². The van der Waals surface area contributed by atoms with E-state index in [-0.39, 0.29) is 5.91 Å². The first kappa shape index (κ1) is 14.8. The third-order valence-corrected chi connectivity index (χ3v) is 4.68. The molecular weight excluding hydrogens is 240 g/mol. The van der Waals surface area contributed by atoms with Crippen LogP contribution in [0.15, 0.2) is 0 Å². The number of hydrogen-bond acceptors (Lipinski definition) is 3. The Bertz CT molecular complexity index is 288. The number of rotatable bonds is 5. The fourth-order valence-electron chi connectivity index (χ4n) is 3.35. The third kappa shape index (κ3) is 4.46. The molecule has 110 valence electrons. The molecule has 0 aromatic heterocycles. The molecule has 4 heteroatoms. The van der Waals surface area contributed by atoms with Crippen molar-refractivity contribution in [3.8, 4) is 0 Å². The van der Waals surface area contributed by atoms with Gasteiger partial charge >= 0.3 is 0 Å². The molecule has 0 radical (unpaired) electrons. The molecule has 1 aliphatic carbocycles. The molecule has 1 saturated heterocycles. The number of nitrogens with two attached hydrogens (primary N) is 1. The fraction of sp³-hybridized carbons (Fsp3) is 0.933. The summed E-state index contributed by atoms with van der Waals surface area (Å²) in [6.07, 6.45) is 7.51. The van der Waals surface area contributed by atoms with E-state index in [1.807, 2.05) is 0 Å². The van der Waals surface area contributed by atoms with Gasteiger partial charge < -0.3 is 15.8 Å². The quantitative estimate of drug-likeness (QED) is 0.799. The van der Waals surface area contributed by atoms with E-state index in [1.54, 1.807) is 0 Å². The van der Waals surface area contributed by atoms with Gasteiger partial charge in [-0.3, -0.25) is 4.79 Å². The average Bonchev–Trinajstić information content (AvgIpc) is 2.86. The Morgan fingerprint density at radius 1 is 1.26 bits per heavy atom. The molecular formula is C15H28N2O2. The summed E-state index contributed by atoms with van der Waals surface area (Å²) in [7, 11) is 0. The zero-order valence-electron chi connectivity index (χ0n) is 12.1. The van der Waals surface area contributed by atoms with Crippen molar-refractivity contribution in [1.82, 2.24) is 5.32 Å². The largest absolute Gasteiger partial charge is 0.378 e. The van der Waals surface area contributed by atoms with Crippen molar-refractivity contribution in [2.45, 2.75) is 64.0 Å². The number of carbonyl (C=O) groups is 1. The summed E-state index contributed by atoms with van der Waals surface area (Å²) in [4.78, 5) is 12.0. The second-order valence-electron chi connectivity index (χ2n) is 6.16. The van der Waals surface area contributed by atoms with Crippen molar-refractivity contribution < 1.29 is 9.53 Å². The normalized spacial score (nSPS) is 35.3. The first-order valence-corrected chi connectivity index (χ1v) is 7.83. The van der Waals surface area contributed by atoms with Crippen LogP contribution in [-0.2, 0) is 9.53 Å². The Kier molecular flexibility index (Phi) is 5.64. The Balaban J connectivity index is 1.64. The van der Waals surface area contributed by atoms with Crippen LogP contribution in [0, 0.1) is 11.8 Å². The second kappa shape index (κ2) is 7.25. The van der Waals surface area contributed by atoms with Gasteiger partial charge in [0.2, 0.25) is 5.91 Å². The van der Waals surface area contributed by atoms with Crippen LogP contribution in [0.1, 0.15) is 51.9 Å². The zero-order valence-corrected chi connectivity index (χ0v) is 12.1. The van der Waals surface area contributed by atoms with Gasteiger partial charge in [-0.15, -0.1) is 0 Å². The summed E-state index contributed by atoms with van der Waals surface area (Å²) < 4.78 is 5.64. The van der Waals surface area contributed by atoms with E-state index in [1.165, 1.54) is 0 Å².